The summed E-state index contributed by atoms with van der Waals surface area (Å²) in [6.07, 6.45) is 0. The second-order valence-electron chi connectivity index (χ2n) is 4.00. The summed E-state index contributed by atoms with van der Waals surface area (Å²) >= 11 is 0. The Balaban J connectivity index is 2.61. The Morgan fingerprint density at radius 3 is 2.33 bits per heavy atom. The van der Waals surface area contributed by atoms with E-state index in [0.29, 0.717) is 6.54 Å². The molecule has 0 heterocycles. The number of nitrogens with one attached hydrogen (secondary N) is 1. The van der Waals surface area contributed by atoms with Crippen LogP contribution in [0.1, 0.15) is 23.6 Å². The fourth-order valence-electron chi connectivity index (χ4n) is 1.54. The minimum atomic E-state index is -0.320. The summed E-state index contributed by atoms with van der Waals surface area (Å²) in [7, 11) is 0. The van der Waals surface area contributed by atoms with E-state index in [4.69, 9.17) is 5.73 Å². The number of hydrogen-bond donors (Lipinski definition) is 2. The average Bonchev–Trinajstić information content (AvgIpc) is 2.12. The zero-order valence-electron chi connectivity index (χ0n) is 9.50. The number of amides is 1. The maximum atomic E-state index is 10.8. The number of hydrogen-bond acceptors (Lipinski definition) is 2. The minimum absolute atomic E-state index is 0.286. The second-order valence-corrected chi connectivity index (χ2v) is 4.00. The number of carbonyl (C=O) groups excluding carboxylic acids is 1. The first-order chi connectivity index (χ1) is 6.99. The molecular formula is C12H18N2O. The second kappa shape index (κ2) is 4.94. The Morgan fingerprint density at radius 2 is 1.87 bits per heavy atom. The molecule has 0 aliphatic rings. The van der Waals surface area contributed by atoms with Crippen molar-refractivity contribution in [1.82, 2.24) is 5.32 Å². The quantitative estimate of drug-likeness (QED) is 0.779. The third-order valence-electron chi connectivity index (χ3n) is 2.32. The lowest BCUT2D eigenvalue weighted by Crippen LogP contribution is -2.38. The summed E-state index contributed by atoms with van der Waals surface area (Å²) in [6, 6.07) is 6.05. The molecule has 1 atom stereocenters. The normalized spacial score (nSPS) is 12.5. The van der Waals surface area contributed by atoms with Crippen LogP contribution >= 0.6 is 0 Å². The number of benzene rings is 1. The van der Waals surface area contributed by atoms with Gasteiger partial charge in [0.2, 0.25) is 5.91 Å². The molecule has 0 fully saturated rings. The molecule has 1 unspecified atom stereocenters. The Labute approximate surface area is 90.7 Å². The first-order valence-corrected chi connectivity index (χ1v) is 5.09. The number of aryl methyl sites for hydroxylation is 2. The summed E-state index contributed by atoms with van der Waals surface area (Å²) in [4.78, 5) is 10.8. The molecule has 1 aromatic carbocycles. The van der Waals surface area contributed by atoms with Crippen LogP contribution in [-0.2, 0) is 11.3 Å². The zero-order chi connectivity index (χ0) is 11.4. The summed E-state index contributed by atoms with van der Waals surface area (Å²) in [5, 5.41) is 3.08. The van der Waals surface area contributed by atoms with Gasteiger partial charge in [0.25, 0.3) is 0 Å². The molecule has 82 valence electrons. The van der Waals surface area contributed by atoms with Crippen LogP contribution in [0.5, 0.6) is 0 Å². The molecule has 15 heavy (non-hydrogen) atoms. The van der Waals surface area contributed by atoms with E-state index in [1.807, 2.05) is 0 Å². The van der Waals surface area contributed by atoms with Gasteiger partial charge in [-0.15, -0.1) is 0 Å². The highest BCUT2D eigenvalue weighted by atomic mass is 16.1. The van der Waals surface area contributed by atoms with Gasteiger partial charge in [-0.3, -0.25) is 4.79 Å². The molecule has 0 bridgehead atoms. The van der Waals surface area contributed by atoms with Crippen molar-refractivity contribution >= 4 is 5.91 Å². The average molecular weight is 206 g/mol. The van der Waals surface area contributed by atoms with Gasteiger partial charge in [-0.1, -0.05) is 29.3 Å². The van der Waals surface area contributed by atoms with Crippen molar-refractivity contribution in [2.75, 3.05) is 0 Å². The molecular weight excluding hydrogens is 188 g/mol. The van der Waals surface area contributed by atoms with Gasteiger partial charge in [-0.25, -0.2) is 0 Å². The first kappa shape index (κ1) is 11.7. The lowest BCUT2D eigenvalue weighted by Gasteiger charge is -2.11. The van der Waals surface area contributed by atoms with Crippen LogP contribution in [0.2, 0.25) is 0 Å². The van der Waals surface area contributed by atoms with Crippen LogP contribution in [0.4, 0.5) is 0 Å². The topological polar surface area (TPSA) is 55.1 Å². The SMILES string of the molecule is Cc1cc(C)cc(CNC(C)C(N)=O)c1. The standard InChI is InChI=1S/C12H18N2O/c1-8-4-9(2)6-11(5-8)7-14-10(3)12(13)15/h4-6,10,14H,7H2,1-3H3,(H2,13,15). The van der Waals surface area contributed by atoms with Crippen molar-refractivity contribution in [3.05, 3.63) is 34.9 Å². The van der Waals surface area contributed by atoms with Crippen molar-refractivity contribution in [2.24, 2.45) is 5.73 Å². The van der Waals surface area contributed by atoms with E-state index in [1.54, 1.807) is 6.92 Å². The summed E-state index contributed by atoms with van der Waals surface area (Å²) < 4.78 is 0. The van der Waals surface area contributed by atoms with Gasteiger partial charge in [-0.2, -0.15) is 0 Å². The van der Waals surface area contributed by atoms with Crippen LogP contribution in [0.3, 0.4) is 0 Å². The van der Waals surface area contributed by atoms with E-state index in [2.05, 4.69) is 37.4 Å². The van der Waals surface area contributed by atoms with E-state index >= 15 is 0 Å². The maximum Gasteiger partial charge on any atom is 0.234 e. The van der Waals surface area contributed by atoms with Gasteiger partial charge in [0.05, 0.1) is 6.04 Å². The van der Waals surface area contributed by atoms with Gasteiger partial charge in [0, 0.05) is 6.54 Å². The first-order valence-electron chi connectivity index (χ1n) is 5.09. The molecule has 0 spiro atoms. The molecule has 0 saturated heterocycles. The lowest BCUT2D eigenvalue weighted by molar-refractivity contribution is -0.119. The van der Waals surface area contributed by atoms with E-state index in [0.717, 1.165) is 0 Å². The number of nitrogens with two attached hydrogens (primary N) is 1. The molecule has 0 aliphatic carbocycles. The molecule has 1 aromatic rings. The molecule has 0 saturated carbocycles. The monoisotopic (exact) mass is 206 g/mol. The molecule has 3 nitrogen and oxygen atoms in total. The molecule has 1 rings (SSSR count). The number of primary amides is 1. The van der Waals surface area contributed by atoms with Crippen molar-refractivity contribution in [2.45, 2.75) is 33.4 Å². The highest BCUT2D eigenvalue weighted by Crippen LogP contribution is 2.08. The van der Waals surface area contributed by atoms with E-state index < -0.39 is 0 Å². The Kier molecular flexibility index (Phi) is 3.86. The number of rotatable bonds is 4. The van der Waals surface area contributed by atoms with Crippen LogP contribution in [0.15, 0.2) is 18.2 Å². The Bertz CT molecular complexity index is 340. The summed E-state index contributed by atoms with van der Waals surface area (Å²) in [6.45, 7) is 6.57. The highest BCUT2D eigenvalue weighted by molar-refractivity contribution is 5.79. The van der Waals surface area contributed by atoms with Gasteiger partial charge >= 0.3 is 0 Å². The third kappa shape index (κ3) is 3.72. The van der Waals surface area contributed by atoms with E-state index in [9.17, 15) is 4.79 Å². The van der Waals surface area contributed by atoms with Gasteiger partial charge in [0.15, 0.2) is 0 Å². The fourth-order valence-corrected chi connectivity index (χ4v) is 1.54. The number of carbonyl (C=O) groups is 1. The van der Waals surface area contributed by atoms with Crippen molar-refractivity contribution in [3.8, 4) is 0 Å². The lowest BCUT2D eigenvalue weighted by atomic mass is 10.1. The minimum Gasteiger partial charge on any atom is -0.368 e. The van der Waals surface area contributed by atoms with Crippen LogP contribution in [0, 0.1) is 13.8 Å². The molecule has 1 amide bonds. The fraction of sp³-hybridized carbons (Fsp3) is 0.417. The van der Waals surface area contributed by atoms with Crippen LogP contribution < -0.4 is 11.1 Å². The molecule has 0 aromatic heterocycles. The largest absolute Gasteiger partial charge is 0.368 e. The maximum absolute atomic E-state index is 10.8. The predicted octanol–water partition coefficient (Wildman–Crippen LogP) is 1.27. The molecule has 3 heteroatoms. The van der Waals surface area contributed by atoms with E-state index in [1.165, 1.54) is 16.7 Å². The van der Waals surface area contributed by atoms with Gasteiger partial charge < -0.3 is 11.1 Å². The van der Waals surface area contributed by atoms with Crippen molar-refractivity contribution in [1.29, 1.82) is 0 Å². The third-order valence-corrected chi connectivity index (χ3v) is 2.32. The van der Waals surface area contributed by atoms with Crippen molar-refractivity contribution < 1.29 is 4.79 Å². The smallest absolute Gasteiger partial charge is 0.234 e. The van der Waals surface area contributed by atoms with Gasteiger partial charge in [0.1, 0.15) is 0 Å². The Hall–Kier alpha value is -1.35. The predicted molar refractivity (Wildman–Crippen MR) is 61.4 cm³/mol. The van der Waals surface area contributed by atoms with E-state index in [-0.39, 0.29) is 11.9 Å². The van der Waals surface area contributed by atoms with Crippen LogP contribution in [0.25, 0.3) is 0 Å². The molecule has 0 radical (unpaired) electrons. The van der Waals surface area contributed by atoms with Crippen LogP contribution in [-0.4, -0.2) is 11.9 Å². The Morgan fingerprint density at radius 1 is 1.33 bits per heavy atom. The molecule has 3 N–H and O–H groups in total. The van der Waals surface area contributed by atoms with Gasteiger partial charge in [-0.05, 0) is 26.3 Å². The summed E-state index contributed by atoms with van der Waals surface area (Å²) in [5.74, 6) is -0.320. The summed E-state index contributed by atoms with van der Waals surface area (Å²) in [5.41, 5.74) is 8.81. The zero-order valence-corrected chi connectivity index (χ0v) is 9.50. The highest BCUT2D eigenvalue weighted by Gasteiger charge is 2.06. The molecule has 0 aliphatic heterocycles. The van der Waals surface area contributed by atoms with Crippen molar-refractivity contribution in [3.63, 3.8) is 0 Å².